The maximum atomic E-state index is 9.97. The zero-order valence-corrected chi connectivity index (χ0v) is 11.3. The van der Waals surface area contributed by atoms with Gasteiger partial charge in [-0.3, -0.25) is 0 Å². The van der Waals surface area contributed by atoms with Crippen LogP contribution in [-0.4, -0.2) is 22.4 Å². The smallest absolute Gasteiger partial charge is 0.0839 e. The second-order valence-electron chi connectivity index (χ2n) is 5.00. The Labute approximate surface area is 104 Å². The fourth-order valence-corrected chi connectivity index (χ4v) is 2.37. The molecule has 96 valence electrons. The second kappa shape index (κ2) is 6.18. The molecule has 0 aliphatic rings. The van der Waals surface area contributed by atoms with Crippen molar-refractivity contribution in [2.75, 3.05) is 0 Å². The number of rotatable bonds is 5. The van der Waals surface area contributed by atoms with Crippen LogP contribution in [0.4, 0.5) is 0 Å². The summed E-state index contributed by atoms with van der Waals surface area (Å²) in [6.07, 6.45) is 0.823. The predicted octanol–water partition coefficient (Wildman–Crippen LogP) is 2.68. The van der Waals surface area contributed by atoms with Crippen LogP contribution in [0.2, 0.25) is 0 Å². The number of hydrogen-bond acceptors (Lipinski definition) is 2. The first kappa shape index (κ1) is 14.2. The van der Waals surface area contributed by atoms with E-state index in [-0.39, 0.29) is 0 Å². The molecule has 0 saturated heterocycles. The molecule has 0 bridgehead atoms. The summed E-state index contributed by atoms with van der Waals surface area (Å²) >= 11 is 0. The van der Waals surface area contributed by atoms with Gasteiger partial charge < -0.3 is 10.2 Å². The van der Waals surface area contributed by atoms with Gasteiger partial charge in [0.25, 0.3) is 0 Å². The monoisotopic (exact) mass is 236 g/mol. The van der Waals surface area contributed by atoms with Crippen LogP contribution >= 0.6 is 0 Å². The van der Waals surface area contributed by atoms with E-state index < -0.39 is 12.2 Å². The molecule has 0 aromatic heterocycles. The Morgan fingerprint density at radius 2 is 1.53 bits per heavy atom. The molecule has 0 radical (unpaired) electrons. The van der Waals surface area contributed by atoms with Crippen molar-refractivity contribution in [1.82, 2.24) is 0 Å². The van der Waals surface area contributed by atoms with Gasteiger partial charge in [0.2, 0.25) is 0 Å². The quantitative estimate of drug-likeness (QED) is 0.825. The van der Waals surface area contributed by atoms with E-state index in [1.54, 1.807) is 0 Å². The molecular weight excluding hydrogens is 212 g/mol. The standard InChI is InChI=1S/C15H24O2/c1-5-6-14(16)15(17)9-13-11(3)7-10(2)8-12(13)4/h7-8,14-17H,5-6,9H2,1-4H3. The minimum absolute atomic E-state index is 0.541. The SMILES string of the molecule is CCCC(O)C(O)Cc1c(C)cc(C)cc1C. The Morgan fingerprint density at radius 1 is 1.00 bits per heavy atom. The summed E-state index contributed by atoms with van der Waals surface area (Å²) in [7, 11) is 0. The molecule has 0 aliphatic carbocycles. The highest BCUT2D eigenvalue weighted by Crippen LogP contribution is 2.19. The lowest BCUT2D eigenvalue weighted by Crippen LogP contribution is -2.28. The van der Waals surface area contributed by atoms with Crippen molar-refractivity contribution in [1.29, 1.82) is 0 Å². The summed E-state index contributed by atoms with van der Waals surface area (Å²) < 4.78 is 0. The fraction of sp³-hybridized carbons (Fsp3) is 0.600. The lowest BCUT2D eigenvalue weighted by Gasteiger charge is -2.20. The minimum Gasteiger partial charge on any atom is -0.390 e. The fourth-order valence-electron chi connectivity index (χ4n) is 2.37. The van der Waals surface area contributed by atoms with Crippen LogP contribution in [0.15, 0.2) is 12.1 Å². The molecule has 0 saturated carbocycles. The van der Waals surface area contributed by atoms with Gasteiger partial charge in [-0.25, -0.2) is 0 Å². The molecule has 2 unspecified atom stereocenters. The van der Waals surface area contributed by atoms with Crippen molar-refractivity contribution in [3.05, 3.63) is 34.4 Å². The van der Waals surface area contributed by atoms with E-state index in [1.165, 1.54) is 22.3 Å². The Balaban J connectivity index is 2.81. The van der Waals surface area contributed by atoms with Gasteiger partial charge in [0.05, 0.1) is 12.2 Å². The highest BCUT2D eigenvalue weighted by Gasteiger charge is 2.17. The topological polar surface area (TPSA) is 40.5 Å². The summed E-state index contributed by atoms with van der Waals surface area (Å²) in [5.41, 5.74) is 4.81. The van der Waals surface area contributed by atoms with Crippen molar-refractivity contribution in [3.8, 4) is 0 Å². The highest BCUT2D eigenvalue weighted by molar-refractivity contribution is 5.37. The van der Waals surface area contributed by atoms with Crippen LogP contribution in [-0.2, 0) is 6.42 Å². The summed E-state index contributed by atoms with van der Waals surface area (Å²) in [5.74, 6) is 0. The van der Waals surface area contributed by atoms with Gasteiger partial charge in [-0.1, -0.05) is 31.0 Å². The first-order valence-electron chi connectivity index (χ1n) is 6.38. The maximum absolute atomic E-state index is 9.97. The van der Waals surface area contributed by atoms with E-state index in [0.717, 1.165) is 6.42 Å². The van der Waals surface area contributed by atoms with Crippen LogP contribution in [0.5, 0.6) is 0 Å². The second-order valence-corrected chi connectivity index (χ2v) is 5.00. The molecule has 2 N–H and O–H groups in total. The van der Waals surface area contributed by atoms with Gasteiger partial charge >= 0.3 is 0 Å². The molecule has 1 aromatic rings. The Kier molecular flexibility index (Phi) is 5.16. The summed E-state index contributed by atoms with van der Waals surface area (Å²) in [5, 5.41) is 19.7. The van der Waals surface area contributed by atoms with Crippen LogP contribution in [0.25, 0.3) is 0 Å². The molecule has 0 fully saturated rings. The van der Waals surface area contributed by atoms with Crippen molar-refractivity contribution in [2.24, 2.45) is 0 Å². The molecule has 2 atom stereocenters. The molecule has 1 rings (SSSR count). The zero-order valence-electron chi connectivity index (χ0n) is 11.3. The Hall–Kier alpha value is -0.860. The molecule has 0 spiro atoms. The van der Waals surface area contributed by atoms with E-state index in [1.807, 2.05) is 6.92 Å². The molecule has 2 heteroatoms. The normalized spacial score (nSPS) is 14.7. The third-order valence-corrected chi connectivity index (χ3v) is 3.28. The molecule has 0 amide bonds. The number of aliphatic hydroxyl groups excluding tert-OH is 2. The minimum atomic E-state index is -0.657. The number of hydrogen-bond donors (Lipinski definition) is 2. The lowest BCUT2D eigenvalue weighted by atomic mass is 9.93. The van der Waals surface area contributed by atoms with E-state index in [2.05, 4.69) is 32.9 Å². The van der Waals surface area contributed by atoms with E-state index in [4.69, 9.17) is 0 Å². The average Bonchev–Trinajstić information content (AvgIpc) is 2.23. The van der Waals surface area contributed by atoms with Gasteiger partial charge in [0.1, 0.15) is 0 Å². The summed E-state index contributed by atoms with van der Waals surface area (Å²) in [6, 6.07) is 4.25. The summed E-state index contributed by atoms with van der Waals surface area (Å²) in [4.78, 5) is 0. The Bertz CT molecular complexity index is 348. The van der Waals surface area contributed by atoms with Gasteiger partial charge in [0.15, 0.2) is 0 Å². The van der Waals surface area contributed by atoms with Gasteiger partial charge in [-0.05, 0) is 43.9 Å². The van der Waals surface area contributed by atoms with Gasteiger partial charge in [-0.15, -0.1) is 0 Å². The molecule has 2 nitrogen and oxygen atoms in total. The van der Waals surface area contributed by atoms with Crippen LogP contribution < -0.4 is 0 Å². The van der Waals surface area contributed by atoms with Crippen molar-refractivity contribution in [3.63, 3.8) is 0 Å². The molecular formula is C15H24O2. The molecule has 1 aromatic carbocycles. The van der Waals surface area contributed by atoms with E-state index >= 15 is 0 Å². The van der Waals surface area contributed by atoms with Crippen LogP contribution in [0.1, 0.15) is 42.0 Å². The van der Waals surface area contributed by atoms with Crippen molar-refractivity contribution < 1.29 is 10.2 Å². The maximum Gasteiger partial charge on any atom is 0.0839 e. The van der Waals surface area contributed by atoms with Crippen molar-refractivity contribution in [2.45, 2.75) is 59.2 Å². The first-order valence-corrected chi connectivity index (χ1v) is 6.38. The average molecular weight is 236 g/mol. The first-order chi connectivity index (χ1) is 7.95. The largest absolute Gasteiger partial charge is 0.390 e. The highest BCUT2D eigenvalue weighted by atomic mass is 16.3. The summed E-state index contributed by atoms with van der Waals surface area (Å²) in [6.45, 7) is 8.22. The lowest BCUT2D eigenvalue weighted by molar-refractivity contribution is 0.0147. The molecule has 0 aliphatic heterocycles. The van der Waals surface area contributed by atoms with Crippen LogP contribution in [0.3, 0.4) is 0 Å². The van der Waals surface area contributed by atoms with Gasteiger partial charge in [0, 0.05) is 6.42 Å². The number of aliphatic hydroxyl groups is 2. The predicted molar refractivity (Wildman–Crippen MR) is 71.3 cm³/mol. The molecule has 0 heterocycles. The number of aryl methyl sites for hydroxylation is 3. The van der Waals surface area contributed by atoms with E-state index in [0.29, 0.717) is 12.8 Å². The third kappa shape index (κ3) is 3.83. The van der Waals surface area contributed by atoms with Gasteiger partial charge in [-0.2, -0.15) is 0 Å². The zero-order chi connectivity index (χ0) is 13.0. The third-order valence-electron chi connectivity index (χ3n) is 3.28. The van der Waals surface area contributed by atoms with E-state index in [9.17, 15) is 10.2 Å². The molecule has 17 heavy (non-hydrogen) atoms. The number of benzene rings is 1. The van der Waals surface area contributed by atoms with Crippen LogP contribution in [0, 0.1) is 20.8 Å². The Morgan fingerprint density at radius 3 is 2.00 bits per heavy atom. The van der Waals surface area contributed by atoms with Crippen molar-refractivity contribution >= 4 is 0 Å².